The van der Waals surface area contributed by atoms with Gasteiger partial charge in [-0.3, -0.25) is 4.98 Å². The molecule has 1 aromatic heterocycles. The Morgan fingerprint density at radius 3 is 2.62 bits per heavy atom. The quantitative estimate of drug-likeness (QED) is 0.768. The molecule has 0 aliphatic heterocycles. The summed E-state index contributed by atoms with van der Waals surface area (Å²) < 4.78 is 0. The highest BCUT2D eigenvalue weighted by Gasteiger charge is 1.97. The van der Waals surface area contributed by atoms with Gasteiger partial charge in [0.25, 0.3) is 0 Å². The number of hydrogen-bond donors (Lipinski definition) is 1. The normalized spacial score (nSPS) is 12.9. The molecule has 0 unspecified atom stereocenters. The smallest absolute Gasteiger partial charge is 0.0343 e. The second-order valence-electron chi connectivity index (χ2n) is 3.67. The minimum Gasteiger partial charge on any atom is -0.327 e. The van der Waals surface area contributed by atoms with Crippen LogP contribution in [0.4, 0.5) is 0 Å². The molecule has 86 valence electrons. The molecule has 0 amide bonds. The van der Waals surface area contributed by atoms with Crippen LogP contribution in [-0.2, 0) is 0 Å². The maximum atomic E-state index is 5.64. The first-order valence-electron chi connectivity index (χ1n) is 5.80. The van der Waals surface area contributed by atoms with Gasteiger partial charge in [-0.2, -0.15) is 0 Å². The first-order valence-corrected chi connectivity index (χ1v) is 5.80. The van der Waals surface area contributed by atoms with Crippen molar-refractivity contribution < 1.29 is 0 Å². The molecule has 0 fully saturated rings. The topological polar surface area (TPSA) is 38.9 Å². The second kappa shape index (κ2) is 6.96. The van der Waals surface area contributed by atoms with E-state index in [-0.39, 0.29) is 0 Å². The average Bonchev–Trinajstić information content (AvgIpc) is 2.36. The van der Waals surface area contributed by atoms with Crippen LogP contribution in [0.5, 0.6) is 0 Å². The Morgan fingerprint density at radius 1 is 1.31 bits per heavy atom. The molecule has 1 rings (SSSR count). The highest BCUT2D eigenvalue weighted by molar-refractivity contribution is 5.66. The van der Waals surface area contributed by atoms with Gasteiger partial charge in [-0.05, 0) is 30.0 Å². The first-order chi connectivity index (χ1) is 7.81. The van der Waals surface area contributed by atoms with E-state index in [0.717, 1.165) is 12.8 Å². The Balaban J connectivity index is 2.91. The summed E-state index contributed by atoms with van der Waals surface area (Å²) >= 11 is 0. The third kappa shape index (κ3) is 3.63. The van der Waals surface area contributed by atoms with Gasteiger partial charge < -0.3 is 5.73 Å². The predicted octanol–water partition coefficient (Wildman–Crippen LogP) is 3.17. The molecular weight excluding hydrogens is 196 g/mol. The number of nitrogens with zero attached hydrogens (tertiary/aromatic N) is 1. The molecule has 2 N–H and O–H groups in total. The molecule has 0 atom stereocenters. The Morgan fingerprint density at radius 2 is 2.12 bits per heavy atom. The molecule has 1 heterocycles. The van der Waals surface area contributed by atoms with Gasteiger partial charge in [-0.25, -0.2) is 0 Å². The Kier molecular flexibility index (Phi) is 5.51. The van der Waals surface area contributed by atoms with Crippen molar-refractivity contribution in [3.05, 3.63) is 47.8 Å². The largest absolute Gasteiger partial charge is 0.327 e. The molecule has 0 bridgehead atoms. The van der Waals surface area contributed by atoms with Crippen LogP contribution in [0.25, 0.3) is 5.57 Å². The van der Waals surface area contributed by atoms with Gasteiger partial charge in [0.15, 0.2) is 0 Å². The van der Waals surface area contributed by atoms with Gasteiger partial charge in [-0.15, -0.1) is 0 Å². The molecule has 2 heteroatoms. The molecule has 0 saturated heterocycles. The summed E-state index contributed by atoms with van der Waals surface area (Å²) in [4.78, 5) is 4.13. The van der Waals surface area contributed by atoms with E-state index >= 15 is 0 Å². The Hall–Kier alpha value is -1.41. The third-order valence-corrected chi connectivity index (χ3v) is 2.65. The predicted molar refractivity (Wildman–Crippen MR) is 69.9 cm³/mol. The number of allylic oxidation sites excluding steroid dienone is 3. The third-order valence-electron chi connectivity index (χ3n) is 2.65. The van der Waals surface area contributed by atoms with E-state index in [4.69, 9.17) is 5.73 Å². The summed E-state index contributed by atoms with van der Waals surface area (Å²) in [6, 6.07) is 4.05. The molecule has 1 aromatic rings. The first kappa shape index (κ1) is 12.7. The number of pyridine rings is 1. The van der Waals surface area contributed by atoms with Crippen molar-refractivity contribution in [1.82, 2.24) is 4.98 Å². The lowest BCUT2D eigenvalue weighted by molar-refractivity contribution is 1.01. The number of rotatable bonds is 5. The fourth-order valence-corrected chi connectivity index (χ4v) is 1.52. The molecular formula is C14H20N2. The molecule has 0 aliphatic carbocycles. The van der Waals surface area contributed by atoms with Crippen LogP contribution < -0.4 is 5.73 Å². The summed E-state index contributed by atoms with van der Waals surface area (Å²) in [6.07, 6.45) is 10.00. The Bertz CT molecular complexity index is 358. The average molecular weight is 216 g/mol. The highest BCUT2D eigenvalue weighted by Crippen LogP contribution is 2.17. The van der Waals surface area contributed by atoms with Crippen molar-refractivity contribution in [3.63, 3.8) is 0 Å². The van der Waals surface area contributed by atoms with Crippen LogP contribution in [0.2, 0.25) is 0 Å². The lowest BCUT2D eigenvalue weighted by Crippen LogP contribution is -2.01. The molecule has 0 saturated carbocycles. The minimum absolute atomic E-state index is 0.636. The van der Waals surface area contributed by atoms with Crippen LogP contribution >= 0.6 is 0 Å². The molecule has 0 aromatic carbocycles. The zero-order valence-electron chi connectivity index (χ0n) is 10.1. The van der Waals surface area contributed by atoms with Crippen LogP contribution in [0.15, 0.2) is 42.3 Å². The van der Waals surface area contributed by atoms with Crippen molar-refractivity contribution >= 4 is 5.57 Å². The highest BCUT2D eigenvalue weighted by atomic mass is 14.6. The lowest BCUT2D eigenvalue weighted by atomic mass is 10.0. The van der Waals surface area contributed by atoms with Crippen LogP contribution in [0.1, 0.15) is 32.3 Å². The summed E-state index contributed by atoms with van der Waals surface area (Å²) in [7, 11) is 0. The standard InChI is InChI=1S/C14H20N2/c1-3-12(10-15)7-8-13(4-2)14-6-5-9-16-11-14/h5-9,11H,3-4,10,15H2,1-2H3/b12-7+,13-8+. The van der Waals surface area contributed by atoms with Gasteiger partial charge in [0.05, 0.1) is 0 Å². The SMILES string of the molecule is CC/C(=C\C=C(/CC)c1cccnc1)CN. The summed E-state index contributed by atoms with van der Waals surface area (Å²) in [5, 5.41) is 0. The van der Waals surface area contributed by atoms with Gasteiger partial charge >= 0.3 is 0 Å². The number of nitrogens with two attached hydrogens (primary N) is 1. The molecule has 2 nitrogen and oxygen atoms in total. The second-order valence-corrected chi connectivity index (χ2v) is 3.67. The Labute approximate surface area is 97.9 Å². The van der Waals surface area contributed by atoms with E-state index in [0.29, 0.717) is 6.54 Å². The van der Waals surface area contributed by atoms with Crippen molar-refractivity contribution in [3.8, 4) is 0 Å². The fraction of sp³-hybridized carbons (Fsp3) is 0.357. The summed E-state index contributed by atoms with van der Waals surface area (Å²) in [5.74, 6) is 0. The van der Waals surface area contributed by atoms with Crippen molar-refractivity contribution in [2.24, 2.45) is 5.73 Å². The zero-order chi connectivity index (χ0) is 11.8. The maximum absolute atomic E-state index is 5.64. The molecule has 0 spiro atoms. The van der Waals surface area contributed by atoms with Gasteiger partial charge in [0.1, 0.15) is 0 Å². The van der Waals surface area contributed by atoms with E-state index in [9.17, 15) is 0 Å². The van der Waals surface area contributed by atoms with Crippen LogP contribution in [0.3, 0.4) is 0 Å². The van der Waals surface area contributed by atoms with E-state index in [1.54, 1.807) is 6.20 Å². The zero-order valence-corrected chi connectivity index (χ0v) is 10.1. The number of hydrogen-bond acceptors (Lipinski definition) is 2. The lowest BCUT2D eigenvalue weighted by Gasteiger charge is -2.03. The summed E-state index contributed by atoms with van der Waals surface area (Å²) in [5.41, 5.74) is 9.40. The van der Waals surface area contributed by atoms with Crippen LogP contribution in [-0.4, -0.2) is 11.5 Å². The van der Waals surface area contributed by atoms with Crippen molar-refractivity contribution in [2.45, 2.75) is 26.7 Å². The molecule has 16 heavy (non-hydrogen) atoms. The number of aromatic nitrogens is 1. The maximum Gasteiger partial charge on any atom is 0.0343 e. The van der Waals surface area contributed by atoms with Crippen molar-refractivity contribution in [2.75, 3.05) is 6.54 Å². The minimum atomic E-state index is 0.636. The van der Waals surface area contributed by atoms with Crippen LogP contribution in [0, 0.1) is 0 Å². The van der Waals surface area contributed by atoms with E-state index in [2.05, 4.69) is 37.0 Å². The summed E-state index contributed by atoms with van der Waals surface area (Å²) in [6.45, 7) is 4.92. The van der Waals surface area contributed by atoms with Gasteiger partial charge in [-0.1, -0.05) is 37.6 Å². The molecule has 0 radical (unpaired) electrons. The van der Waals surface area contributed by atoms with E-state index in [1.807, 2.05) is 12.3 Å². The van der Waals surface area contributed by atoms with Gasteiger partial charge in [0, 0.05) is 18.9 Å². The van der Waals surface area contributed by atoms with Crippen molar-refractivity contribution in [1.29, 1.82) is 0 Å². The fourth-order valence-electron chi connectivity index (χ4n) is 1.52. The van der Waals surface area contributed by atoms with Gasteiger partial charge in [0.2, 0.25) is 0 Å². The molecule has 0 aliphatic rings. The van der Waals surface area contributed by atoms with E-state index < -0.39 is 0 Å². The monoisotopic (exact) mass is 216 g/mol. The van der Waals surface area contributed by atoms with E-state index in [1.165, 1.54) is 16.7 Å².